The molecule has 0 saturated heterocycles. The summed E-state index contributed by atoms with van der Waals surface area (Å²) in [4.78, 5) is 4.35. The van der Waals surface area contributed by atoms with Crippen molar-refractivity contribution in [3.05, 3.63) is 77.4 Å². The quantitative estimate of drug-likeness (QED) is 0.665. The van der Waals surface area contributed by atoms with Crippen molar-refractivity contribution < 1.29 is 13.2 Å². The summed E-state index contributed by atoms with van der Waals surface area (Å²) < 4.78 is 30.4. The molecule has 25 heavy (non-hydrogen) atoms. The Morgan fingerprint density at radius 3 is 2.40 bits per heavy atom. The van der Waals surface area contributed by atoms with Crippen LogP contribution < -0.4 is 4.74 Å². The van der Waals surface area contributed by atoms with Gasteiger partial charge < -0.3 is 4.74 Å². The fourth-order valence-corrected chi connectivity index (χ4v) is 3.56. The maximum Gasteiger partial charge on any atom is 0.179 e. The lowest BCUT2D eigenvalue weighted by atomic mass is 10.1. The first kappa shape index (κ1) is 17.5. The zero-order chi connectivity index (χ0) is 17.9. The van der Waals surface area contributed by atoms with Gasteiger partial charge in [0.2, 0.25) is 0 Å². The molecule has 0 radical (unpaired) electrons. The number of benzene rings is 2. The Bertz CT molecular complexity index is 974. The van der Waals surface area contributed by atoms with Gasteiger partial charge in [-0.1, -0.05) is 48.0 Å². The van der Waals surface area contributed by atoms with Crippen molar-refractivity contribution in [3.63, 3.8) is 0 Å². The molecule has 2 aromatic carbocycles. The van der Waals surface area contributed by atoms with E-state index in [1.54, 1.807) is 24.4 Å². The molecule has 0 atom stereocenters. The summed E-state index contributed by atoms with van der Waals surface area (Å²) in [5.41, 5.74) is 2.08. The summed E-state index contributed by atoms with van der Waals surface area (Å²) in [6, 6.07) is 18.0. The van der Waals surface area contributed by atoms with Crippen LogP contribution in [0.2, 0.25) is 5.02 Å². The zero-order valence-electron chi connectivity index (χ0n) is 13.5. The molecule has 6 heteroatoms. The van der Waals surface area contributed by atoms with E-state index < -0.39 is 9.84 Å². The monoisotopic (exact) mass is 373 g/mol. The Hall–Kier alpha value is -2.37. The number of hydrogen-bond acceptors (Lipinski definition) is 4. The highest BCUT2D eigenvalue weighted by atomic mass is 35.5. The number of ether oxygens (including phenoxy) is 1. The van der Waals surface area contributed by atoms with E-state index in [1.807, 2.05) is 36.4 Å². The van der Waals surface area contributed by atoms with Crippen molar-refractivity contribution in [1.82, 2.24) is 4.98 Å². The minimum absolute atomic E-state index is 0.0524. The fraction of sp³-hybridized carbons (Fsp3) is 0.105. The topological polar surface area (TPSA) is 56.3 Å². The van der Waals surface area contributed by atoms with E-state index in [9.17, 15) is 8.42 Å². The summed E-state index contributed by atoms with van der Waals surface area (Å²) >= 11 is 6.15. The molecule has 0 spiro atoms. The molecule has 3 aromatic rings. The smallest absolute Gasteiger partial charge is 0.179 e. The first-order chi connectivity index (χ1) is 11.9. The van der Waals surface area contributed by atoms with E-state index in [0.29, 0.717) is 16.3 Å². The second kappa shape index (κ2) is 7.25. The van der Waals surface area contributed by atoms with Gasteiger partial charge in [-0.05, 0) is 29.8 Å². The van der Waals surface area contributed by atoms with Crippen LogP contribution in [0.25, 0.3) is 11.3 Å². The van der Waals surface area contributed by atoms with Crippen LogP contribution in [0.15, 0.2) is 71.8 Å². The Kier molecular flexibility index (Phi) is 5.06. The minimum Gasteiger partial charge on any atom is -0.487 e. The third-order valence-electron chi connectivity index (χ3n) is 3.59. The molecule has 4 nitrogen and oxygen atoms in total. The number of pyridine rings is 1. The van der Waals surface area contributed by atoms with Crippen LogP contribution in [0.4, 0.5) is 0 Å². The van der Waals surface area contributed by atoms with E-state index >= 15 is 0 Å². The summed E-state index contributed by atoms with van der Waals surface area (Å²) in [5.74, 6) is 0.259. The fourth-order valence-electron chi connectivity index (χ4n) is 2.43. The Balaban J connectivity index is 2.12. The Morgan fingerprint density at radius 2 is 1.76 bits per heavy atom. The molecule has 0 fully saturated rings. The average Bonchev–Trinajstić information content (AvgIpc) is 2.61. The highest BCUT2D eigenvalue weighted by Gasteiger charge is 2.21. The van der Waals surface area contributed by atoms with Gasteiger partial charge >= 0.3 is 0 Å². The van der Waals surface area contributed by atoms with Crippen molar-refractivity contribution in [2.45, 2.75) is 11.5 Å². The molecule has 1 aromatic heterocycles. The minimum atomic E-state index is -3.53. The maximum atomic E-state index is 12.2. The SMILES string of the molecule is CS(=O)(=O)c1cc(Cl)cc(-c2ccccn2)c1OCc1ccccc1. The van der Waals surface area contributed by atoms with Gasteiger partial charge in [0.1, 0.15) is 17.3 Å². The highest BCUT2D eigenvalue weighted by Crippen LogP contribution is 2.38. The van der Waals surface area contributed by atoms with Crippen molar-refractivity contribution in [2.75, 3.05) is 6.26 Å². The first-order valence-electron chi connectivity index (χ1n) is 7.57. The first-order valence-corrected chi connectivity index (χ1v) is 9.84. The molecule has 0 aliphatic carbocycles. The molecule has 0 aliphatic rings. The molecule has 0 unspecified atom stereocenters. The van der Waals surface area contributed by atoms with Crippen LogP contribution in [0.3, 0.4) is 0 Å². The van der Waals surface area contributed by atoms with Crippen LogP contribution in [0.5, 0.6) is 5.75 Å². The number of sulfone groups is 1. The summed E-state index contributed by atoms with van der Waals surface area (Å²) in [6.07, 6.45) is 2.77. The van der Waals surface area contributed by atoms with Gasteiger partial charge in [-0.3, -0.25) is 4.98 Å². The van der Waals surface area contributed by atoms with E-state index in [-0.39, 0.29) is 17.3 Å². The van der Waals surface area contributed by atoms with Crippen molar-refractivity contribution in [1.29, 1.82) is 0 Å². The average molecular weight is 374 g/mol. The van der Waals surface area contributed by atoms with Gasteiger partial charge in [-0.25, -0.2) is 8.42 Å². The lowest BCUT2D eigenvalue weighted by Crippen LogP contribution is -2.05. The molecule has 0 saturated carbocycles. The number of aromatic nitrogens is 1. The predicted molar refractivity (Wildman–Crippen MR) is 98.6 cm³/mol. The van der Waals surface area contributed by atoms with Gasteiger partial charge in [0, 0.05) is 23.0 Å². The third kappa shape index (κ3) is 4.18. The summed E-state index contributed by atoms with van der Waals surface area (Å²) in [5, 5.41) is 0.313. The summed E-state index contributed by atoms with van der Waals surface area (Å²) in [6.45, 7) is 0.241. The molecule has 0 bridgehead atoms. The van der Waals surface area contributed by atoms with Gasteiger partial charge in [-0.2, -0.15) is 0 Å². The molecular weight excluding hydrogens is 358 g/mol. The van der Waals surface area contributed by atoms with Gasteiger partial charge in [0.15, 0.2) is 9.84 Å². The second-order valence-electron chi connectivity index (χ2n) is 5.54. The van der Waals surface area contributed by atoms with Crippen LogP contribution in [-0.2, 0) is 16.4 Å². The zero-order valence-corrected chi connectivity index (χ0v) is 15.1. The van der Waals surface area contributed by atoms with Gasteiger partial charge in [0.05, 0.1) is 5.69 Å². The lowest BCUT2D eigenvalue weighted by Gasteiger charge is -2.16. The molecule has 3 rings (SSSR count). The van der Waals surface area contributed by atoms with Gasteiger partial charge in [0.25, 0.3) is 0 Å². The molecule has 0 amide bonds. The Morgan fingerprint density at radius 1 is 1.04 bits per heavy atom. The third-order valence-corrected chi connectivity index (χ3v) is 4.91. The van der Waals surface area contributed by atoms with Crippen molar-refractivity contribution >= 4 is 21.4 Å². The predicted octanol–water partition coefficient (Wildman–Crippen LogP) is 4.38. The number of halogens is 1. The normalized spacial score (nSPS) is 11.3. The van der Waals surface area contributed by atoms with E-state index in [4.69, 9.17) is 16.3 Å². The second-order valence-corrected chi connectivity index (χ2v) is 7.96. The van der Waals surface area contributed by atoms with Crippen molar-refractivity contribution in [3.8, 4) is 17.0 Å². The molecular formula is C19H16ClNO3S. The van der Waals surface area contributed by atoms with E-state index in [1.165, 1.54) is 6.07 Å². The highest BCUT2D eigenvalue weighted by molar-refractivity contribution is 7.90. The van der Waals surface area contributed by atoms with Crippen LogP contribution in [0.1, 0.15) is 5.56 Å². The van der Waals surface area contributed by atoms with Crippen LogP contribution >= 0.6 is 11.6 Å². The number of rotatable bonds is 5. The van der Waals surface area contributed by atoms with Crippen LogP contribution in [0, 0.1) is 0 Å². The number of nitrogens with zero attached hydrogens (tertiary/aromatic N) is 1. The Labute approximate surface area is 152 Å². The molecule has 0 aliphatic heterocycles. The maximum absolute atomic E-state index is 12.2. The van der Waals surface area contributed by atoms with E-state index in [2.05, 4.69) is 4.98 Å². The largest absolute Gasteiger partial charge is 0.487 e. The van der Waals surface area contributed by atoms with Crippen molar-refractivity contribution in [2.24, 2.45) is 0 Å². The van der Waals surface area contributed by atoms with Gasteiger partial charge in [-0.15, -0.1) is 0 Å². The van der Waals surface area contributed by atoms with Crippen LogP contribution in [-0.4, -0.2) is 19.7 Å². The number of hydrogen-bond donors (Lipinski definition) is 0. The van der Waals surface area contributed by atoms with E-state index in [0.717, 1.165) is 11.8 Å². The molecule has 128 valence electrons. The lowest BCUT2D eigenvalue weighted by molar-refractivity contribution is 0.299. The standard InChI is InChI=1S/C19H16ClNO3S/c1-25(22,23)18-12-15(20)11-16(17-9-5-6-10-21-17)19(18)24-13-14-7-3-2-4-8-14/h2-12H,13H2,1H3. The molecule has 1 heterocycles. The molecule has 0 N–H and O–H groups in total. The summed E-state index contributed by atoms with van der Waals surface area (Å²) in [7, 11) is -3.53.